The highest BCUT2D eigenvalue weighted by Gasteiger charge is 2.35. The quantitative estimate of drug-likeness (QED) is 0.379. The van der Waals surface area contributed by atoms with Crippen LogP contribution in [-0.4, -0.2) is 64.2 Å². The summed E-state index contributed by atoms with van der Waals surface area (Å²) in [7, 11) is -4.07. The number of benzene rings is 1. The summed E-state index contributed by atoms with van der Waals surface area (Å²) < 4.78 is 66.9. The number of sulfonamides is 1. The van der Waals surface area contributed by atoms with Crippen LogP contribution in [0.3, 0.4) is 0 Å². The molecular weight excluding hydrogens is 539 g/mol. The number of alkyl halides is 3. The van der Waals surface area contributed by atoms with E-state index in [9.17, 15) is 36.3 Å². The molecule has 1 atom stereocenters. The lowest BCUT2D eigenvalue weighted by Gasteiger charge is -2.38. The van der Waals surface area contributed by atoms with Gasteiger partial charge in [-0.2, -0.15) is 18.3 Å². The molecule has 1 amide bonds. The van der Waals surface area contributed by atoms with Crippen molar-refractivity contribution in [1.29, 1.82) is 0 Å². The molecule has 0 aliphatic rings. The van der Waals surface area contributed by atoms with Crippen LogP contribution in [0.4, 0.5) is 18.0 Å². The third-order valence-electron chi connectivity index (χ3n) is 5.85. The number of ketones is 1. The molecule has 14 heteroatoms. The number of hydrogen-bond acceptors (Lipinski definition) is 6. The summed E-state index contributed by atoms with van der Waals surface area (Å²) >= 11 is 0. The first-order chi connectivity index (χ1) is 18.1. The SMILES string of the molecule is CC(C)(C)[C@@H](Cn1ccc(-c2ccc(C(F)(F)F)cc2)n1)N(CC(=O)CNS(=O)(=O)c1ccccn1)C(=O)O. The largest absolute Gasteiger partial charge is 0.465 e. The molecule has 2 heterocycles. The minimum Gasteiger partial charge on any atom is -0.465 e. The number of halogens is 3. The van der Waals surface area contributed by atoms with Crippen molar-refractivity contribution in [2.75, 3.05) is 13.1 Å². The summed E-state index contributed by atoms with van der Waals surface area (Å²) in [5.41, 5.74) is -0.632. The van der Waals surface area contributed by atoms with Gasteiger partial charge in [0, 0.05) is 18.0 Å². The molecule has 2 aromatic heterocycles. The van der Waals surface area contributed by atoms with E-state index in [1.807, 2.05) is 0 Å². The van der Waals surface area contributed by atoms with Crippen molar-refractivity contribution in [3.05, 3.63) is 66.5 Å². The lowest BCUT2D eigenvalue weighted by atomic mass is 9.85. The molecule has 0 fully saturated rings. The van der Waals surface area contributed by atoms with Crippen LogP contribution in [-0.2, 0) is 27.5 Å². The number of carboxylic acid groups (broad SMARTS) is 1. The van der Waals surface area contributed by atoms with Gasteiger partial charge in [-0.05, 0) is 35.7 Å². The fraction of sp³-hybridized carbons (Fsp3) is 0.360. The van der Waals surface area contributed by atoms with Crippen molar-refractivity contribution >= 4 is 21.9 Å². The number of pyridine rings is 1. The number of Topliss-reactive ketones (excluding diaryl/α,β-unsaturated/α-hetero) is 1. The van der Waals surface area contributed by atoms with Crippen LogP contribution in [0.5, 0.6) is 0 Å². The van der Waals surface area contributed by atoms with Gasteiger partial charge in [0.25, 0.3) is 10.0 Å². The Morgan fingerprint density at radius 1 is 1.08 bits per heavy atom. The first-order valence-electron chi connectivity index (χ1n) is 11.7. The number of carbonyl (C=O) groups excluding carboxylic acids is 1. The normalized spacial score (nSPS) is 13.2. The van der Waals surface area contributed by atoms with E-state index in [0.717, 1.165) is 17.0 Å². The Morgan fingerprint density at radius 3 is 2.28 bits per heavy atom. The molecule has 10 nitrogen and oxygen atoms in total. The maximum absolute atomic E-state index is 12.9. The molecule has 0 radical (unpaired) electrons. The average Bonchev–Trinajstić information content (AvgIpc) is 3.33. The van der Waals surface area contributed by atoms with Crippen molar-refractivity contribution in [2.24, 2.45) is 5.41 Å². The summed E-state index contributed by atoms with van der Waals surface area (Å²) in [5, 5.41) is 14.0. The predicted molar refractivity (Wildman–Crippen MR) is 135 cm³/mol. The first kappa shape index (κ1) is 29.8. The Bertz CT molecular complexity index is 1400. The first-order valence-corrected chi connectivity index (χ1v) is 13.2. The Labute approximate surface area is 223 Å². The Kier molecular flexibility index (Phi) is 8.80. The maximum Gasteiger partial charge on any atom is 0.416 e. The maximum atomic E-state index is 12.9. The summed E-state index contributed by atoms with van der Waals surface area (Å²) in [6, 6.07) is 9.58. The molecule has 39 heavy (non-hydrogen) atoms. The number of aromatic nitrogens is 3. The van der Waals surface area contributed by atoms with Gasteiger partial charge in [-0.25, -0.2) is 22.9 Å². The number of hydrogen-bond donors (Lipinski definition) is 2. The summed E-state index contributed by atoms with van der Waals surface area (Å²) in [6.45, 7) is 4.14. The lowest BCUT2D eigenvalue weighted by molar-refractivity contribution is -0.137. The monoisotopic (exact) mass is 567 g/mol. The van der Waals surface area contributed by atoms with Crippen molar-refractivity contribution < 1.29 is 36.3 Å². The second kappa shape index (κ2) is 11.5. The fourth-order valence-electron chi connectivity index (χ4n) is 3.78. The zero-order valence-corrected chi connectivity index (χ0v) is 22.2. The Balaban J connectivity index is 1.74. The van der Waals surface area contributed by atoms with E-state index in [-0.39, 0.29) is 11.6 Å². The van der Waals surface area contributed by atoms with Crippen LogP contribution in [0.2, 0.25) is 0 Å². The van der Waals surface area contributed by atoms with Gasteiger partial charge in [-0.3, -0.25) is 14.4 Å². The lowest BCUT2D eigenvalue weighted by Crippen LogP contribution is -2.52. The summed E-state index contributed by atoms with van der Waals surface area (Å²) in [5.74, 6) is -0.683. The van der Waals surface area contributed by atoms with E-state index in [0.29, 0.717) is 11.3 Å². The molecule has 0 spiro atoms. The molecule has 2 N–H and O–H groups in total. The van der Waals surface area contributed by atoms with Gasteiger partial charge in [-0.15, -0.1) is 0 Å². The smallest absolute Gasteiger partial charge is 0.416 e. The molecule has 0 saturated heterocycles. The van der Waals surface area contributed by atoms with Gasteiger partial charge in [-0.1, -0.05) is 39.0 Å². The zero-order valence-electron chi connectivity index (χ0n) is 21.4. The molecule has 0 aliphatic heterocycles. The average molecular weight is 568 g/mol. The van der Waals surface area contributed by atoms with Gasteiger partial charge in [0.2, 0.25) is 0 Å². The topological polar surface area (TPSA) is 134 Å². The van der Waals surface area contributed by atoms with E-state index < -0.39 is 58.2 Å². The van der Waals surface area contributed by atoms with Gasteiger partial charge < -0.3 is 5.11 Å². The van der Waals surface area contributed by atoms with Crippen LogP contribution < -0.4 is 4.72 Å². The fourth-order valence-corrected chi connectivity index (χ4v) is 4.73. The van der Waals surface area contributed by atoms with E-state index in [4.69, 9.17) is 0 Å². The summed E-state index contributed by atoms with van der Waals surface area (Å²) in [4.78, 5) is 29.5. The number of nitrogens with one attached hydrogen (secondary N) is 1. The predicted octanol–water partition coefficient (Wildman–Crippen LogP) is 3.91. The molecule has 3 rings (SSSR count). The number of rotatable bonds is 10. The highest BCUT2D eigenvalue weighted by atomic mass is 32.2. The molecular formula is C25H28F3N5O5S. The van der Waals surface area contributed by atoms with Crippen molar-refractivity contribution in [1.82, 2.24) is 24.4 Å². The van der Waals surface area contributed by atoms with Crippen LogP contribution in [0.1, 0.15) is 26.3 Å². The van der Waals surface area contributed by atoms with E-state index in [1.165, 1.54) is 41.2 Å². The Morgan fingerprint density at radius 2 is 1.74 bits per heavy atom. The van der Waals surface area contributed by atoms with Crippen LogP contribution in [0.15, 0.2) is 66.0 Å². The molecule has 210 valence electrons. The van der Waals surface area contributed by atoms with Crippen molar-refractivity contribution in [3.63, 3.8) is 0 Å². The molecule has 1 aromatic carbocycles. The highest BCUT2D eigenvalue weighted by molar-refractivity contribution is 7.89. The van der Waals surface area contributed by atoms with Gasteiger partial charge >= 0.3 is 12.3 Å². The van der Waals surface area contributed by atoms with Crippen LogP contribution in [0.25, 0.3) is 11.3 Å². The van der Waals surface area contributed by atoms with Gasteiger partial charge in [0.1, 0.15) is 0 Å². The second-order valence-electron chi connectivity index (χ2n) is 9.82. The Hall–Kier alpha value is -3.78. The van der Waals surface area contributed by atoms with E-state index in [2.05, 4.69) is 14.8 Å². The summed E-state index contributed by atoms with van der Waals surface area (Å²) in [6.07, 6.45) is -3.00. The van der Waals surface area contributed by atoms with Crippen LogP contribution >= 0.6 is 0 Å². The third kappa shape index (κ3) is 7.86. The van der Waals surface area contributed by atoms with Crippen molar-refractivity contribution in [3.8, 4) is 11.3 Å². The molecule has 0 bridgehead atoms. The minimum absolute atomic E-state index is 0.0311. The molecule has 0 unspecified atom stereocenters. The van der Waals surface area contributed by atoms with Gasteiger partial charge in [0.15, 0.2) is 10.8 Å². The molecule has 3 aromatic rings. The number of nitrogens with zero attached hydrogens (tertiary/aromatic N) is 4. The highest BCUT2D eigenvalue weighted by Crippen LogP contribution is 2.31. The van der Waals surface area contributed by atoms with E-state index in [1.54, 1.807) is 33.0 Å². The molecule has 0 saturated carbocycles. The number of carbonyl (C=O) groups is 2. The third-order valence-corrected chi connectivity index (χ3v) is 7.17. The van der Waals surface area contributed by atoms with Gasteiger partial charge in [0.05, 0.1) is 36.9 Å². The van der Waals surface area contributed by atoms with Crippen molar-refractivity contribution in [2.45, 2.75) is 44.6 Å². The number of amides is 1. The molecule has 0 aliphatic carbocycles. The minimum atomic E-state index is -4.46. The standard InChI is InChI=1S/C25H28F3N5O5S/c1-24(2,3)21(16-32-13-11-20(31-32)17-7-9-18(10-8-17)25(26,27)28)33(23(35)36)15-19(34)14-30-39(37,38)22-6-4-5-12-29-22/h4-13,21,30H,14-16H2,1-3H3,(H,35,36)/t21-/m1/s1. The zero-order chi connectivity index (χ0) is 29.0. The second-order valence-corrected chi connectivity index (χ2v) is 11.5. The van der Waals surface area contributed by atoms with Crippen LogP contribution in [0, 0.1) is 5.41 Å². The van der Waals surface area contributed by atoms with E-state index >= 15 is 0 Å².